The van der Waals surface area contributed by atoms with Gasteiger partial charge in [0.25, 0.3) is 5.69 Å². The second-order valence-corrected chi connectivity index (χ2v) is 5.94. The molecule has 0 atom stereocenters. The van der Waals surface area contributed by atoms with E-state index in [1.807, 2.05) is 17.0 Å². The number of nitro groups is 1. The molecule has 3 rings (SSSR count). The van der Waals surface area contributed by atoms with E-state index in [9.17, 15) is 14.9 Å². The van der Waals surface area contributed by atoms with Crippen molar-refractivity contribution in [2.75, 3.05) is 36.8 Å². The lowest BCUT2D eigenvalue weighted by Crippen LogP contribution is -2.48. The minimum absolute atomic E-state index is 0.0321. The number of piperazine rings is 1. The van der Waals surface area contributed by atoms with Crippen LogP contribution in [0.5, 0.6) is 0 Å². The molecule has 0 bridgehead atoms. The van der Waals surface area contributed by atoms with Gasteiger partial charge in [0.1, 0.15) is 12.0 Å². The molecule has 1 aromatic heterocycles. The summed E-state index contributed by atoms with van der Waals surface area (Å²) in [6.45, 7) is 2.41. The van der Waals surface area contributed by atoms with E-state index in [1.54, 1.807) is 35.3 Å². The molecule has 1 aliphatic rings. The summed E-state index contributed by atoms with van der Waals surface area (Å²) in [5, 5.41) is 10.7. The van der Waals surface area contributed by atoms with E-state index in [0.717, 1.165) is 5.56 Å². The van der Waals surface area contributed by atoms with Gasteiger partial charge in [0.2, 0.25) is 5.91 Å². The number of carbonyl (C=O) groups is 1. The first kappa shape index (κ1) is 17.4. The van der Waals surface area contributed by atoms with Crippen LogP contribution in [0.25, 0.3) is 6.08 Å². The molecule has 2 N–H and O–H groups in total. The van der Waals surface area contributed by atoms with Crippen LogP contribution in [0.3, 0.4) is 0 Å². The van der Waals surface area contributed by atoms with Crippen molar-refractivity contribution in [1.82, 2.24) is 9.88 Å². The zero-order chi connectivity index (χ0) is 18.5. The van der Waals surface area contributed by atoms with Crippen LogP contribution in [0, 0.1) is 10.1 Å². The van der Waals surface area contributed by atoms with Gasteiger partial charge in [-0.15, -0.1) is 0 Å². The van der Waals surface area contributed by atoms with Crippen molar-refractivity contribution in [1.29, 1.82) is 0 Å². The number of hydrogen-bond acceptors (Lipinski definition) is 6. The maximum absolute atomic E-state index is 12.3. The molecule has 26 heavy (non-hydrogen) atoms. The lowest BCUT2D eigenvalue weighted by molar-refractivity contribution is -0.385. The van der Waals surface area contributed by atoms with Crippen molar-refractivity contribution < 1.29 is 9.72 Å². The Bertz CT molecular complexity index is 810. The highest BCUT2D eigenvalue weighted by Crippen LogP contribution is 2.17. The van der Waals surface area contributed by atoms with Gasteiger partial charge >= 0.3 is 0 Å². The molecule has 8 heteroatoms. The minimum atomic E-state index is -0.471. The zero-order valence-corrected chi connectivity index (χ0v) is 14.1. The van der Waals surface area contributed by atoms with E-state index >= 15 is 0 Å². The number of anilines is 2. The van der Waals surface area contributed by atoms with Gasteiger partial charge in [-0.2, -0.15) is 0 Å². The number of pyridine rings is 1. The van der Waals surface area contributed by atoms with Gasteiger partial charge in [0.05, 0.1) is 4.92 Å². The van der Waals surface area contributed by atoms with Gasteiger partial charge in [-0.3, -0.25) is 14.9 Å². The highest BCUT2D eigenvalue weighted by atomic mass is 16.6. The van der Waals surface area contributed by atoms with E-state index in [0.29, 0.717) is 37.7 Å². The molecule has 0 aliphatic carbocycles. The molecule has 134 valence electrons. The Balaban J connectivity index is 1.55. The molecule has 2 heterocycles. The van der Waals surface area contributed by atoms with Crippen LogP contribution < -0.4 is 10.6 Å². The average molecular weight is 353 g/mol. The molecule has 0 unspecified atom stereocenters. The van der Waals surface area contributed by atoms with Gasteiger partial charge in [0, 0.05) is 44.0 Å². The quantitative estimate of drug-likeness (QED) is 0.390. The van der Waals surface area contributed by atoms with Crippen molar-refractivity contribution in [2.24, 2.45) is 0 Å². The molecular formula is C18H19N5O3. The molecule has 1 aliphatic heterocycles. The van der Waals surface area contributed by atoms with Crippen LogP contribution in [0.1, 0.15) is 5.56 Å². The average Bonchev–Trinajstić information content (AvgIpc) is 2.67. The van der Waals surface area contributed by atoms with Gasteiger partial charge in [-0.1, -0.05) is 12.1 Å². The molecule has 8 nitrogen and oxygen atoms in total. The normalized spacial score (nSPS) is 14.6. The van der Waals surface area contributed by atoms with Gasteiger partial charge < -0.3 is 15.5 Å². The van der Waals surface area contributed by atoms with E-state index in [2.05, 4.69) is 4.98 Å². The van der Waals surface area contributed by atoms with Crippen LogP contribution in [0.2, 0.25) is 0 Å². The molecule has 0 saturated carbocycles. The van der Waals surface area contributed by atoms with Gasteiger partial charge in [-0.05, 0) is 29.8 Å². The summed E-state index contributed by atoms with van der Waals surface area (Å²) >= 11 is 0. The number of carbonyl (C=O) groups excluding carboxylic acids is 1. The maximum Gasteiger partial charge on any atom is 0.287 e. The van der Waals surface area contributed by atoms with Crippen molar-refractivity contribution in [3.63, 3.8) is 0 Å². The van der Waals surface area contributed by atoms with E-state index in [1.165, 1.54) is 12.3 Å². The highest BCUT2D eigenvalue weighted by Gasteiger charge is 2.21. The first-order chi connectivity index (χ1) is 12.5. The van der Waals surface area contributed by atoms with Gasteiger partial charge in [-0.25, -0.2) is 4.98 Å². The SMILES string of the molecule is Nc1ccc(/C=C/C(=O)N2CCN(c3ccc([N+](=O)[O-])cn3)CC2)cc1. The molecule has 1 amide bonds. The summed E-state index contributed by atoms with van der Waals surface area (Å²) in [5.74, 6) is 0.637. The van der Waals surface area contributed by atoms with Crippen LogP contribution >= 0.6 is 0 Å². The van der Waals surface area contributed by atoms with E-state index in [-0.39, 0.29) is 11.6 Å². The third-order valence-corrected chi connectivity index (χ3v) is 4.21. The summed E-state index contributed by atoms with van der Waals surface area (Å²) in [7, 11) is 0. The van der Waals surface area contributed by atoms with Crippen molar-refractivity contribution >= 4 is 29.2 Å². The Morgan fingerprint density at radius 2 is 1.81 bits per heavy atom. The number of amides is 1. The number of rotatable bonds is 4. The number of hydrogen-bond donors (Lipinski definition) is 1. The van der Waals surface area contributed by atoms with Crippen LogP contribution in [0.15, 0.2) is 48.7 Å². The largest absolute Gasteiger partial charge is 0.399 e. The summed E-state index contributed by atoms with van der Waals surface area (Å²) in [5.41, 5.74) is 7.21. The third kappa shape index (κ3) is 4.15. The standard InChI is InChI=1S/C18H19N5O3/c19-15-4-1-14(2-5-15)3-8-18(24)22-11-9-21(10-12-22)17-7-6-16(13-20-17)23(25)26/h1-8,13H,9-12,19H2/b8-3+. The Hall–Kier alpha value is -3.42. The first-order valence-corrected chi connectivity index (χ1v) is 8.21. The summed E-state index contributed by atoms with van der Waals surface area (Å²) < 4.78 is 0. The number of nitrogen functional groups attached to an aromatic ring is 1. The van der Waals surface area contributed by atoms with Gasteiger partial charge in [0.15, 0.2) is 0 Å². The fraction of sp³-hybridized carbons (Fsp3) is 0.222. The molecule has 1 aromatic carbocycles. The topological polar surface area (TPSA) is 106 Å². The second-order valence-electron chi connectivity index (χ2n) is 5.94. The lowest BCUT2D eigenvalue weighted by atomic mass is 10.2. The molecule has 0 spiro atoms. The van der Waals surface area contributed by atoms with Crippen molar-refractivity contribution in [2.45, 2.75) is 0 Å². The summed E-state index contributed by atoms with van der Waals surface area (Å²) in [6.07, 6.45) is 4.58. The fourth-order valence-electron chi connectivity index (χ4n) is 2.71. The number of nitrogens with two attached hydrogens (primary N) is 1. The summed E-state index contributed by atoms with van der Waals surface area (Å²) in [4.78, 5) is 30.4. The number of aromatic nitrogens is 1. The Morgan fingerprint density at radius 1 is 1.12 bits per heavy atom. The highest BCUT2D eigenvalue weighted by molar-refractivity contribution is 5.92. The van der Waals surface area contributed by atoms with Crippen LogP contribution in [0.4, 0.5) is 17.2 Å². The molecular weight excluding hydrogens is 334 g/mol. The van der Waals surface area contributed by atoms with Crippen LogP contribution in [-0.2, 0) is 4.79 Å². The fourth-order valence-corrected chi connectivity index (χ4v) is 2.71. The predicted octanol–water partition coefficient (Wildman–Crippen LogP) is 1.93. The smallest absolute Gasteiger partial charge is 0.287 e. The minimum Gasteiger partial charge on any atom is -0.399 e. The van der Waals surface area contributed by atoms with Crippen LogP contribution in [-0.4, -0.2) is 46.9 Å². The Kier molecular flexibility index (Phi) is 5.12. The van der Waals surface area contributed by atoms with E-state index in [4.69, 9.17) is 5.73 Å². The zero-order valence-electron chi connectivity index (χ0n) is 14.1. The molecule has 0 radical (unpaired) electrons. The monoisotopic (exact) mass is 353 g/mol. The summed E-state index contributed by atoms with van der Waals surface area (Å²) in [6, 6.07) is 10.4. The first-order valence-electron chi connectivity index (χ1n) is 8.21. The molecule has 2 aromatic rings. The number of nitrogens with zero attached hydrogens (tertiary/aromatic N) is 4. The lowest BCUT2D eigenvalue weighted by Gasteiger charge is -2.34. The second kappa shape index (κ2) is 7.64. The van der Waals surface area contributed by atoms with E-state index < -0.39 is 4.92 Å². The Morgan fingerprint density at radius 3 is 2.38 bits per heavy atom. The molecule has 1 saturated heterocycles. The maximum atomic E-state index is 12.3. The predicted molar refractivity (Wildman–Crippen MR) is 99.6 cm³/mol. The van der Waals surface area contributed by atoms with Crippen molar-refractivity contribution in [3.05, 3.63) is 64.3 Å². The molecule has 1 fully saturated rings. The number of benzene rings is 1. The third-order valence-electron chi connectivity index (χ3n) is 4.21. The van der Waals surface area contributed by atoms with Crippen molar-refractivity contribution in [3.8, 4) is 0 Å². The Labute approximate surface area is 150 Å².